The lowest BCUT2D eigenvalue weighted by atomic mass is 10.2. The summed E-state index contributed by atoms with van der Waals surface area (Å²) in [6.45, 7) is 5.20. The Morgan fingerprint density at radius 3 is 3.05 bits per heavy atom. The van der Waals surface area contributed by atoms with Crippen molar-refractivity contribution in [2.75, 3.05) is 13.2 Å². The van der Waals surface area contributed by atoms with E-state index in [9.17, 15) is 4.79 Å². The molecular formula is C16H22ClNO3. The SMILES string of the molecule is CC[C@@H](Oc1cc(C)ccc1Cl)C(=O)NC[C@@H]1CCCO1. The minimum Gasteiger partial charge on any atom is -0.479 e. The van der Waals surface area contributed by atoms with Gasteiger partial charge in [-0.05, 0) is 43.9 Å². The number of carbonyl (C=O) groups is 1. The van der Waals surface area contributed by atoms with Crippen LogP contribution in [0.1, 0.15) is 31.7 Å². The summed E-state index contributed by atoms with van der Waals surface area (Å²) in [6.07, 6.45) is 2.25. The van der Waals surface area contributed by atoms with Gasteiger partial charge in [-0.2, -0.15) is 0 Å². The van der Waals surface area contributed by atoms with Gasteiger partial charge in [0.1, 0.15) is 5.75 Å². The largest absolute Gasteiger partial charge is 0.479 e. The summed E-state index contributed by atoms with van der Waals surface area (Å²) < 4.78 is 11.3. The Labute approximate surface area is 130 Å². The fourth-order valence-electron chi connectivity index (χ4n) is 2.31. The van der Waals surface area contributed by atoms with Crippen LogP contribution in [-0.4, -0.2) is 31.3 Å². The van der Waals surface area contributed by atoms with Crippen LogP contribution >= 0.6 is 11.6 Å². The van der Waals surface area contributed by atoms with Gasteiger partial charge >= 0.3 is 0 Å². The molecule has 0 aliphatic carbocycles. The highest BCUT2D eigenvalue weighted by molar-refractivity contribution is 6.32. The second-order valence-corrected chi connectivity index (χ2v) is 5.74. The van der Waals surface area contributed by atoms with Gasteiger partial charge in [-0.3, -0.25) is 4.79 Å². The number of halogens is 1. The topological polar surface area (TPSA) is 47.6 Å². The average Bonchev–Trinajstić information content (AvgIpc) is 2.99. The maximum Gasteiger partial charge on any atom is 0.261 e. The predicted molar refractivity (Wildman–Crippen MR) is 82.9 cm³/mol. The van der Waals surface area contributed by atoms with Gasteiger partial charge < -0.3 is 14.8 Å². The van der Waals surface area contributed by atoms with E-state index in [1.165, 1.54) is 0 Å². The maximum absolute atomic E-state index is 12.2. The third-order valence-corrected chi connectivity index (χ3v) is 3.86. The molecule has 0 radical (unpaired) electrons. The van der Waals surface area contributed by atoms with Gasteiger partial charge in [-0.25, -0.2) is 0 Å². The first kappa shape index (κ1) is 16.1. The summed E-state index contributed by atoms with van der Waals surface area (Å²) in [7, 11) is 0. The number of amides is 1. The van der Waals surface area contributed by atoms with E-state index < -0.39 is 6.10 Å². The molecule has 0 aromatic heterocycles. The normalized spacial score (nSPS) is 19.3. The van der Waals surface area contributed by atoms with Crippen molar-refractivity contribution >= 4 is 17.5 Å². The predicted octanol–water partition coefficient (Wildman–Crippen LogP) is 3.10. The van der Waals surface area contributed by atoms with Crippen LogP contribution in [-0.2, 0) is 9.53 Å². The number of carbonyl (C=O) groups excluding carboxylic acids is 1. The van der Waals surface area contributed by atoms with Crippen LogP contribution in [0.3, 0.4) is 0 Å². The highest BCUT2D eigenvalue weighted by atomic mass is 35.5. The van der Waals surface area contributed by atoms with E-state index in [0.29, 0.717) is 23.7 Å². The summed E-state index contributed by atoms with van der Waals surface area (Å²) in [5.41, 5.74) is 1.05. The Kier molecular flexibility index (Phi) is 5.88. The molecule has 1 saturated heterocycles. The first-order chi connectivity index (χ1) is 10.1. The third kappa shape index (κ3) is 4.61. The van der Waals surface area contributed by atoms with Crippen molar-refractivity contribution in [3.8, 4) is 5.75 Å². The fourth-order valence-corrected chi connectivity index (χ4v) is 2.47. The van der Waals surface area contributed by atoms with E-state index in [4.69, 9.17) is 21.1 Å². The quantitative estimate of drug-likeness (QED) is 0.878. The fraction of sp³-hybridized carbons (Fsp3) is 0.562. The highest BCUT2D eigenvalue weighted by Crippen LogP contribution is 2.26. The van der Waals surface area contributed by atoms with Crippen LogP contribution in [0.5, 0.6) is 5.75 Å². The maximum atomic E-state index is 12.2. The van der Waals surface area contributed by atoms with E-state index in [1.807, 2.05) is 26.0 Å². The van der Waals surface area contributed by atoms with Gasteiger partial charge in [0, 0.05) is 13.2 Å². The van der Waals surface area contributed by atoms with Crippen LogP contribution in [0.15, 0.2) is 18.2 Å². The van der Waals surface area contributed by atoms with Gasteiger partial charge in [0.2, 0.25) is 0 Å². The lowest BCUT2D eigenvalue weighted by molar-refractivity contribution is -0.128. The molecule has 21 heavy (non-hydrogen) atoms. The lowest BCUT2D eigenvalue weighted by Gasteiger charge is -2.19. The Bertz CT molecular complexity index is 486. The first-order valence-corrected chi connectivity index (χ1v) is 7.80. The molecule has 1 heterocycles. The van der Waals surface area contributed by atoms with Crippen LogP contribution in [0.2, 0.25) is 5.02 Å². The lowest BCUT2D eigenvalue weighted by Crippen LogP contribution is -2.41. The summed E-state index contributed by atoms with van der Waals surface area (Å²) in [5, 5.41) is 3.42. The van der Waals surface area contributed by atoms with Crippen molar-refractivity contribution in [3.05, 3.63) is 28.8 Å². The van der Waals surface area contributed by atoms with Crippen LogP contribution in [0.25, 0.3) is 0 Å². The van der Waals surface area contributed by atoms with Gasteiger partial charge in [-0.1, -0.05) is 24.6 Å². The molecule has 1 fully saturated rings. The standard InChI is InChI=1S/C16H22ClNO3/c1-3-14(16(19)18-10-12-5-4-8-20-12)21-15-9-11(2)6-7-13(15)17/h6-7,9,12,14H,3-5,8,10H2,1-2H3,(H,18,19)/t12-,14+/m0/s1. The van der Waals surface area contributed by atoms with E-state index >= 15 is 0 Å². The van der Waals surface area contributed by atoms with Gasteiger partial charge in [0.15, 0.2) is 6.10 Å². The summed E-state index contributed by atoms with van der Waals surface area (Å²) in [4.78, 5) is 12.2. The Morgan fingerprint density at radius 2 is 2.38 bits per heavy atom. The monoisotopic (exact) mass is 311 g/mol. The Morgan fingerprint density at radius 1 is 1.57 bits per heavy atom. The van der Waals surface area contributed by atoms with Gasteiger partial charge in [0.25, 0.3) is 5.91 Å². The van der Waals surface area contributed by atoms with Crippen molar-refractivity contribution in [2.45, 2.75) is 45.3 Å². The molecule has 1 amide bonds. The molecule has 0 spiro atoms. The number of nitrogens with one attached hydrogen (secondary N) is 1. The molecule has 116 valence electrons. The zero-order chi connectivity index (χ0) is 15.2. The van der Waals surface area contributed by atoms with Crippen molar-refractivity contribution in [2.24, 2.45) is 0 Å². The molecule has 2 rings (SSSR count). The van der Waals surface area contributed by atoms with Crippen molar-refractivity contribution in [3.63, 3.8) is 0 Å². The van der Waals surface area contributed by atoms with Crippen molar-refractivity contribution in [1.82, 2.24) is 5.32 Å². The molecule has 4 nitrogen and oxygen atoms in total. The van der Waals surface area contributed by atoms with E-state index in [2.05, 4.69) is 5.32 Å². The zero-order valence-corrected chi connectivity index (χ0v) is 13.3. The Balaban J connectivity index is 1.91. The molecular weight excluding hydrogens is 290 g/mol. The number of aryl methyl sites for hydroxylation is 1. The molecule has 2 atom stereocenters. The molecule has 0 bridgehead atoms. The van der Waals surface area contributed by atoms with Gasteiger partial charge in [-0.15, -0.1) is 0 Å². The molecule has 0 saturated carbocycles. The van der Waals surface area contributed by atoms with E-state index in [-0.39, 0.29) is 12.0 Å². The average molecular weight is 312 g/mol. The number of hydrogen-bond acceptors (Lipinski definition) is 3. The minimum atomic E-state index is -0.536. The van der Waals surface area contributed by atoms with Crippen molar-refractivity contribution < 1.29 is 14.3 Å². The molecule has 1 aliphatic rings. The third-order valence-electron chi connectivity index (χ3n) is 3.55. The van der Waals surface area contributed by atoms with Crippen molar-refractivity contribution in [1.29, 1.82) is 0 Å². The minimum absolute atomic E-state index is 0.120. The van der Waals surface area contributed by atoms with Crippen LogP contribution < -0.4 is 10.1 Å². The number of hydrogen-bond donors (Lipinski definition) is 1. The molecule has 1 N–H and O–H groups in total. The molecule has 1 aromatic rings. The molecule has 5 heteroatoms. The second kappa shape index (κ2) is 7.66. The van der Waals surface area contributed by atoms with Crippen LogP contribution in [0, 0.1) is 6.92 Å². The number of rotatable bonds is 6. The molecule has 1 aliphatic heterocycles. The van der Waals surface area contributed by atoms with Gasteiger partial charge in [0.05, 0.1) is 11.1 Å². The highest BCUT2D eigenvalue weighted by Gasteiger charge is 2.22. The Hall–Kier alpha value is -1.26. The van der Waals surface area contributed by atoms with E-state index in [1.54, 1.807) is 6.07 Å². The van der Waals surface area contributed by atoms with E-state index in [0.717, 1.165) is 25.0 Å². The number of ether oxygens (including phenoxy) is 2. The molecule has 1 aromatic carbocycles. The second-order valence-electron chi connectivity index (χ2n) is 5.33. The summed E-state index contributed by atoms with van der Waals surface area (Å²) in [6, 6.07) is 5.54. The number of benzene rings is 1. The summed E-state index contributed by atoms with van der Waals surface area (Å²) in [5.74, 6) is 0.432. The smallest absolute Gasteiger partial charge is 0.261 e. The van der Waals surface area contributed by atoms with Crippen LogP contribution in [0.4, 0.5) is 0 Å². The zero-order valence-electron chi connectivity index (χ0n) is 12.5. The summed E-state index contributed by atoms with van der Waals surface area (Å²) >= 11 is 6.11. The molecule has 0 unspecified atom stereocenters. The first-order valence-electron chi connectivity index (χ1n) is 7.42.